The lowest BCUT2D eigenvalue weighted by molar-refractivity contribution is -0.122. The van der Waals surface area contributed by atoms with Crippen molar-refractivity contribution in [2.75, 3.05) is 24.5 Å². The third-order valence-corrected chi connectivity index (χ3v) is 5.51. The maximum atomic E-state index is 12.8. The lowest BCUT2D eigenvalue weighted by atomic mass is 10.1. The van der Waals surface area contributed by atoms with Gasteiger partial charge in [-0.3, -0.25) is 19.7 Å². The van der Waals surface area contributed by atoms with Crippen LogP contribution in [0.15, 0.2) is 18.2 Å². The average molecular weight is 355 g/mol. The topological polar surface area (TPSA) is 102 Å². The first-order chi connectivity index (χ1) is 12.5. The van der Waals surface area contributed by atoms with Crippen molar-refractivity contribution in [1.82, 2.24) is 20.7 Å². The van der Waals surface area contributed by atoms with Gasteiger partial charge in [0.25, 0.3) is 11.8 Å². The van der Waals surface area contributed by atoms with Gasteiger partial charge >= 0.3 is 6.03 Å². The molecular formula is C17H17N5O4. The number of hydrogen-bond donors (Lipinski definition) is 2. The molecule has 4 aliphatic heterocycles. The van der Waals surface area contributed by atoms with Crippen LogP contribution in [0.1, 0.15) is 33.6 Å². The Morgan fingerprint density at radius 2 is 1.85 bits per heavy atom. The van der Waals surface area contributed by atoms with E-state index >= 15 is 0 Å². The summed E-state index contributed by atoms with van der Waals surface area (Å²) in [6.07, 6.45) is 1.13. The van der Waals surface area contributed by atoms with Crippen molar-refractivity contribution in [3.63, 3.8) is 0 Å². The second-order valence-electron chi connectivity index (χ2n) is 7.03. The molecule has 4 aliphatic rings. The molecule has 0 aliphatic carbocycles. The first-order valence-electron chi connectivity index (χ1n) is 8.67. The molecule has 134 valence electrons. The van der Waals surface area contributed by atoms with E-state index in [9.17, 15) is 19.2 Å². The Hall–Kier alpha value is -2.94. The van der Waals surface area contributed by atoms with Gasteiger partial charge in [0.2, 0.25) is 5.91 Å². The van der Waals surface area contributed by atoms with Crippen molar-refractivity contribution in [2.24, 2.45) is 0 Å². The van der Waals surface area contributed by atoms with E-state index in [0.29, 0.717) is 17.6 Å². The molecular weight excluding hydrogens is 338 g/mol. The maximum Gasteiger partial charge on any atom is 0.343 e. The van der Waals surface area contributed by atoms with E-state index < -0.39 is 23.8 Å². The van der Waals surface area contributed by atoms with Crippen molar-refractivity contribution in [1.29, 1.82) is 0 Å². The second-order valence-corrected chi connectivity index (χ2v) is 7.03. The van der Waals surface area contributed by atoms with Gasteiger partial charge in [-0.25, -0.2) is 9.80 Å². The monoisotopic (exact) mass is 355 g/mol. The summed E-state index contributed by atoms with van der Waals surface area (Å²) in [5, 5.41) is 7.42. The normalized spacial score (nSPS) is 27.5. The number of urea groups is 1. The summed E-state index contributed by atoms with van der Waals surface area (Å²) in [7, 11) is 0. The summed E-state index contributed by atoms with van der Waals surface area (Å²) >= 11 is 0. The molecule has 2 atom stereocenters. The highest BCUT2D eigenvalue weighted by Crippen LogP contribution is 2.33. The number of nitrogens with one attached hydrogen (secondary N) is 2. The van der Waals surface area contributed by atoms with Crippen LogP contribution in [-0.2, 0) is 4.79 Å². The molecule has 0 aromatic heterocycles. The highest BCUT2D eigenvalue weighted by atomic mass is 16.2. The van der Waals surface area contributed by atoms with E-state index in [-0.39, 0.29) is 18.5 Å². The molecule has 2 N–H and O–H groups in total. The van der Waals surface area contributed by atoms with Gasteiger partial charge in [-0.15, -0.1) is 0 Å². The molecule has 4 heterocycles. The number of fused-ring (bicyclic) bond motifs is 3. The van der Waals surface area contributed by atoms with E-state index in [1.54, 1.807) is 12.1 Å². The Bertz CT molecular complexity index is 869. The first kappa shape index (κ1) is 15.3. The molecule has 0 unspecified atom stereocenters. The van der Waals surface area contributed by atoms with Crippen LogP contribution in [0.2, 0.25) is 0 Å². The van der Waals surface area contributed by atoms with E-state index in [1.807, 2.05) is 6.07 Å². The third-order valence-electron chi connectivity index (χ3n) is 5.51. The van der Waals surface area contributed by atoms with Crippen molar-refractivity contribution in [3.05, 3.63) is 29.3 Å². The zero-order chi connectivity index (χ0) is 18.0. The fourth-order valence-electron chi connectivity index (χ4n) is 4.24. The average Bonchev–Trinajstić information content (AvgIpc) is 3.31. The molecule has 5 rings (SSSR count). The Morgan fingerprint density at radius 1 is 1.04 bits per heavy atom. The molecule has 3 fully saturated rings. The number of carbonyl (C=O) groups is 4. The second kappa shape index (κ2) is 5.28. The van der Waals surface area contributed by atoms with E-state index in [4.69, 9.17) is 0 Å². The van der Waals surface area contributed by atoms with E-state index in [1.165, 1.54) is 0 Å². The number of benzene rings is 1. The number of imide groups is 2. The lowest BCUT2D eigenvalue weighted by Crippen LogP contribution is -2.58. The smallest absolute Gasteiger partial charge is 0.343 e. The molecule has 26 heavy (non-hydrogen) atoms. The van der Waals surface area contributed by atoms with Crippen LogP contribution in [0.5, 0.6) is 0 Å². The molecule has 5 amide bonds. The van der Waals surface area contributed by atoms with Gasteiger partial charge in [-0.1, -0.05) is 0 Å². The van der Waals surface area contributed by atoms with Crippen molar-refractivity contribution >= 4 is 29.4 Å². The van der Waals surface area contributed by atoms with Gasteiger partial charge in [0, 0.05) is 37.3 Å². The highest BCUT2D eigenvalue weighted by Gasteiger charge is 2.44. The standard InChI is InChI=1S/C17H17N5O4/c23-14-3-4-21(17(26)19-14)22-15(24)12-2-1-10(6-13(12)16(22)25)20-8-9-5-11(20)7-18-9/h1-2,6,9,11,18H,3-5,7-8H2,(H,19,23,26)/t9-,11-/m1/s1. The van der Waals surface area contributed by atoms with Crippen LogP contribution in [0.25, 0.3) is 0 Å². The maximum absolute atomic E-state index is 12.8. The zero-order valence-corrected chi connectivity index (χ0v) is 13.9. The summed E-state index contributed by atoms with van der Waals surface area (Å²) in [6.45, 7) is 1.80. The predicted octanol–water partition coefficient (Wildman–Crippen LogP) is -0.310. The van der Waals surface area contributed by atoms with Crippen LogP contribution in [0.3, 0.4) is 0 Å². The van der Waals surface area contributed by atoms with E-state index in [2.05, 4.69) is 15.5 Å². The minimum Gasteiger partial charge on any atom is -0.366 e. The van der Waals surface area contributed by atoms with Gasteiger partial charge in [0.05, 0.1) is 17.7 Å². The van der Waals surface area contributed by atoms with Crippen LogP contribution < -0.4 is 15.5 Å². The van der Waals surface area contributed by atoms with Crippen molar-refractivity contribution in [3.8, 4) is 0 Å². The van der Waals surface area contributed by atoms with Crippen LogP contribution in [0, 0.1) is 0 Å². The number of hydrazine groups is 1. The van der Waals surface area contributed by atoms with Gasteiger partial charge in [0.15, 0.2) is 0 Å². The molecule has 3 saturated heterocycles. The number of carbonyl (C=O) groups excluding carboxylic acids is 4. The number of nitrogens with zero attached hydrogens (tertiary/aromatic N) is 3. The fourth-order valence-corrected chi connectivity index (χ4v) is 4.24. The summed E-state index contributed by atoms with van der Waals surface area (Å²) < 4.78 is 0. The minimum absolute atomic E-state index is 0.00450. The molecule has 0 saturated carbocycles. The molecule has 9 nitrogen and oxygen atoms in total. The minimum atomic E-state index is -0.751. The van der Waals surface area contributed by atoms with Gasteiger partial charge < -0.3 is 10.2 Å². The largest absolute Gasteiger partial charge is 0.366 e. The van der Waals surface area contributed by atoms with E-state index in [0.717, 1.165) is 35.2 Å². The third kappa shape index (κ3) is 2.07. The van der Waals surface area contributed by atoms with Crippen molar-refractivity contribution in [2.45, 2.75) is 24.9 Å². The predicted molar refractivity (Wildman–Crippen MR) is 89.3 cm³/mol. The Labute approximate surface area is 148 Å². The fraction of sp³-hybridized carbons (Fsp3) is 0.412. The molecule has 2 bridgehead atoms. The van der Waals surface area contributed by atoms with Crippen LogP contribution >= 0.6 is 0 Å². The van der Waals surface area contributed by atoms with Crippen LogP contribution in [-0.4, -0.2) is 65.5 Å². The van der Waals surface area contributed by atoms with Gasteiger partial charge in [-0.2, -0.15) is 5.01 Å². The number of anilines is 1. The summed E-state index contributed by atoms with van der Waals surface area (Å²) in [4.78, 5) is 51.1. The number of rotatable bonds is 2. The Morgan fingerprint density at radius 3 is 2.54 bits per heavy atom. The number of hydrogen-bond acceptors (Lipinski definition) is 6. The zero-order valence-electron chi connectivity index (χ0n) is 13.9. The summed E-state index contributed by atoms with van der Waals surface area (Å²) in [6, 6.07) is 5.37. The summed E-state index contributed by atoms with van der Waals surface area (Å²) in [5.41, 5.74) is 1.50. The molecule has 0 radical (unpaired) electrons. The summed E-state index contributed by atoms with van der Waals surface area (Å²) in [5.74, 6) is -1.48. The SMILES string of the molecule is O=C1CCN(N2C(=O)c3ccc(N4C[C@H]5C[C@@H]4CN5)cc3C2=O)C(=O)N1. The molecule has 1 aromatic rings. The number of amides is 5. The molecule has 0 spiro atoms. The quantitative estimate of drug-likeness (QED) is 0.706. The first-order valence-corrected chi connectivity index (χ1v) is 8.67. The van der Waals surface area contributed by atoms with Gasteiger partial charge in [0.1, 0.15) is 0 Å². The number of piperazine rings is 1. The van der Waals surface area contributed by atoms with Crippen LogP contribution in [0.4, 0.5) is 10.5 Å². The Kier molecular flexibility index (Phi) is 3.11. The van der Waals surface area contributed by atoms with Crippen molar-refractivity contribution < 1.29 is 19.2 Å². The highest BCUT2D eigenvalue weighted by molar-refractivity contribution is 6.22. The molecule has 1 aromatic carbocycles. The lowest BCUT2D eigenvalue weighted by Gasteiger charge is -2.32. The Balaban J connectivity index is 1.45. The van der Waals surface area contributed by atoms with Gasteiger partial charge in [-0.05, 0) is 24.6 Å². The molecule has 9 heteroatoms.